The van der Waals surface area contributed by atoms with Crippen LogP contribution in [0.5, 0.6) is 5.75 Å². The number of nitrogens with one attached hydrogen (secondary N) is 1. The van der Waals surface area contributed by atoms with Crippen LogP contribution in [0.4, 0.5) is 0 Å². The number of benzene rings is 1. The molecular formula is C14H21NO2. The van der Waals surface area contributed by atoms with Crippen LogP contribution in [0.3, 0.4) is 0 Å². The molecule has 1 aliphatic heterocycles. The Kier molecular flexibility index (Phi) is 3.69. The first kappa shape index (κ1) is 12.4. The molecule has 0 bridgehead atoms. The average Bonchev–Trinajstić information content (AvgIpc) is 2.32. The molecule has 94 valence electrons. The van der Waals surface area contributed by atoms with Crippen molar-refractivity contribution in [3.05, 3.63) is 28.8 Å². The molecule has 2 unspecified atom stereocenters. The van der Waals surface area contributed by atoms with Crippen LogP contribution in [0.25, 0.3) is 0 Å². The SMILES string of the molecule is COc1cc(C)c(C2NCCOC2C)cc1C. The minimum absolute atomic E-state index is 0.218. The van der Waals surface area contributed by atoms with Gasteiger partial charge in [-0.05, 0) is 43.5 Å². The summed E-state index contributed by atoms with van der Waals surface area (Å²) < 4.78 is 11.0. The van der Waals surface area contributed by atoms with E-state index in [-0.39, 0.29) is 12.1 Å². The monoisotopic (exact) mass is 235 g/mol. The number of hydrogen-bond acceptors (Lipinski definition) is 3. The van der Waals surface area contributed by atoms with E-state index in [0.717, 1.165) is 18.9 Å². The Bertz CT molecular complexity index is 403. The Labute approximate surface area is 103 Å². The van der Waals surface area contributed by atoms with E-state index in [0.29, 0.717) is 0 Å². The Morgan fingerprint density at radius 1 is 1.29 bits per heavy atom. The highest BCUT2D eigenvalue weighted by atomic mass is 16.5. The van der Waals surface area contributed by atoms with E-state index in [9.17, 15) is 0 Å². The summed E-state index contributed by atoms with van der Waals surface area (Å²) in [4.78, 5) is 0. The van der Waals surface area contributed by atoms with Crippen molar-refractivity contribution in [3.63, 3.8) is 0 Å². The molecule has 1 aliphatic rings. The molecule has 0 spiro atoms. The highest BCUT2D eigenvalue weighted by Crippen LogP contribution is 2.29. The van der Waals surface area contributed by atoms with Gasteiger partial charge >= 0.3 is 0 Å². The molecule has 17 heavy (non-hydrogen) atoms. The van der Waals surface area contributed by atoms with Gasteiger partial charge in [0, 0.05) is 6.54 Å². The number of ether oxygens (including phenoxy) is 2. The number of aryl methyl sites for hydroxylation is 2. The molecule has 0 saturated carbocycles. The van der Waals surface area contributed by atoms with Gasteiger partial charge < -0.3 is 14.8 Å². The van der Waals surface area contributed by atoms with Crippen LogP contribution in [-0.2, 0) is 4.74 Å². The van der Waals surface area contributed by atoms with Crippen LogP contribution in [0.2, 0.25) is 0 Å². The molecule has 1 aromatic carbocycles. The van der Waals surface area contributed by atoms with Crippen molar-refractivity contribution in [3.8, 4) is 5.75 Å². The highest BCUT2D eigenvalue weighted by Gasteiger charge is 2.25. The van der Waals surface area contributed by atoms with Crippen LogP contribution in [-0.4, -0.2) is 26.4 Å². The molecule has 2 atom stereocenters. The summed E-state index contributed by atoms with van der Waals surface area (Å²) in [6.45, 7) is 8.04. The summed E-state index contributed by atoms with van der Waals surface area (Å²) in [7, 11) is 1.71. The second-order valence-corrected chi connectivity index (χ2v) is 4.69. The third-order valence-electron chi connectivity index (χ3n) is 3.44. The fraction of sp³-hybridized carbons (Fsp3) is 0.571. The zero-order chi connectivity index (χ0) is 12.4. The van der Waals surface area contributed by atoms with Gasteiger partial charge in [0.15, 0.2) is 0 Å². The minimum Gasteiger partial charge on any atom is -0.496 e. The van der Waals surface area contributed by atoms with Gasteiger partial charge in [-0.3, -0.25) is 0 Å². The summed E-state index contributed by atoms with van der Waals surface area (Å²) in [6, 6.07) is 4.60. The molecule has 0 aliphatic carbocycles. The van der Waals surface area contributed by atoms with Crippen LogP contribution in [0.1, 0.15) is 29.7 Å². The van der Waals surface area contributed by atoms with Crippen molar-refractivity contribution in [1.29, 1.82) is 0 Å². The Morgan fingerprint density at radius 3 is 2.71 bits per heavy atom. The molecule has 0 radical (unpaired) electrons. The Hall–Kier alpha value is -1.06. The number of rotatable bonds is 2. The van der Waals surface area contributed by atoms with Crippen molar-refractivity contribution in [2.75, 3.05) is 20.3 Å². The van der Waals surface area contributed by atoms with Crippen molar-refractivity contribution in [2.45, 2.75) is 32.9 Å². The van der Waals surface area contributed by atoms with Gasteiger partial charge in [0.05, 0.1) is 25.9 Å². The molecule has 2 rings (SSSR count). The lowest BCUT2D eigenvalue weighted by Crippen LogP contribution is -2.40. The first-order valence-corrected chi connectivity index (χ1v) is 6.13. The van der Waals surface area contributed by atoms with E-state index < -0.39 is 0 Å². The topological polar surface area (TPSA) is 30.5 Å². The second kappa shape index (κ2) is 5.07. The summed E-state index contributed by atoms with van der Waals surface area (Å²) in [5, 5.41) is 3.52. The van der Waals surface area contributed by atoms with Crippen molar-refractivity contribution in [1.82, 2.24) is 5.32 Å². The van der Waals surface area contributed by atoms with Crippen molar-refractivity contribution >= 4 is 0 Å². The standard InChI is InChI=1S/C14H21NO2/c1-9-8-13(16-4)10(2)7-12(9)14-11(3)17-6-5-15-14/h7-8,11,14-15H,5-6H2,1-4H3. The number of hydrogen-bond donors (Lipinski definition) is 1. The molecule has 1 N–H and O–H groups in total. The average molecular weight is 235 g/mol. The lowest BCUT2D eigenvalue weighted by Gasteiger charge is -2.32. The fourth-order valence-electron chi connectivity index (χ4n) is 2.45. The first-order valence-electron chi connectivity index (χ1n) is 6.13. The zero-order valence-corrected chi connectivity index (χ0v) is 11.0. The molecule has 1 saturated heterocycles. The van der Waals surface area contributed by atoms with Gasteiger partial charge in [-0.2, -0.15) is 0 Å². The molecule has 3 nitrogen and oxygen atoms in total. The van der Waals surface area contributed by atoms with Gasteiger partial charge in [0.2, 0.25) is 0 Å². The van der Waals surface area contributed by atoms with Crippen molar-refractivity contribution in [2.24, 2.45) is 0 Å². The maximum atomic E-state index is 5.70. The minimum atomic E-state index is 0.218. The fourth-order valence-corrected chi connectivity index (χ4v) is 2.45. The summed E-state index contributed by atoms with van der Waals surface area (Å²) >= 11 is 0. The molecule has 3 heteroatoms. The predicted molar refractivity (Wildman–Crippen MR) is 68.6 cm³/mol. The van der Waals surface area contributed by atoms with Crippen LogP contribution < -0.4 is 10.1 Å². The Morgan fingerprint density at radius 2 is 2.06 bits per heavy atom. The van der Waals surface area contributed by atoms with E-state index in [2.05, 4.69) is 38.2 Å². The van der Waals surface area contributed by atoms with Gasteiger partial charge in [-0.15, -0.1) is 0 Å². The summed E-state index contributed by atoms with van der Waals surface area (Å²) in [6.07, 6.45) is 0.218. The zero-order valence-electron chi connectivity index (χ0n) is 11.0. The third-order valence-corrected chi connectivity index (χ3v) is 3.44. The van der Waals surface area contributed by atoms with Crippen molar-refractivity contribution < 1.29 is 9.47 Å². The van der Waals surface area contributed by atoms with Gasteiger partial charge in [0.1, 0.15) is 5.75 Å². The maximum absolute atomic E-state index is 5.70. The maximum Gasteiger partial charge on any atom is 0.122 e. The van der Waals surface area contributed by atoms with E-state index in [1.807, 2.05) is 0 Å². The first-order chi connectivity index (χ1) is 8.13. The van der Waals surface area contributed by atoms with Crippen LogP contribution in [0.15, 0.2) is 12.1 Å². The molecular weight excluding hydrogens is 214 g/mol. The quantitative estimate of drug-likeness (QED) is 0.853. The molecule has 1 heterocycles. The van der Waals surface area contributed by atoms with Crippen LogP contribution >= 0.6 is 0 Å². The summed E-state index contributed by atoms with van der Waals surface area (Å²) in [5.41, 5.74) is 3.74. The van der Waals surface area contributed by atoms with Gasteiger partial charge in [-0.1, -0.05) is 6.07 Å². The smallest absolute Gasteiger partial charge is 0.122 e. The summed E-state index contributed by atoms with van der Waals surface area (Å²) in [5.74, 6) is 0.954. The molecule has 1 aromatic rings. The largest absolute Gasteiger partial charge is 0.496 e. The number of methoxy groups -OCH3 is 1. The van der Waals surface area contributed by atoms with E-state index >= 15 is 0 Å². The highest BCUT2D eigenvalue weighted by molar-refractivity contribution is 5.43. The number of morpholine rings is 1. The van der Waals surface area contributed by atoms with E-state index in [4.69, 9.17) is 9.47 Å². The van der Waals surface area contributed by atoms with E-state index in [1.165, 1.54) is 16.7 Å². The normalized spacial score (nSPS) is 24.7. The molecule has 0 amide bonds. The lowest BCUT2D eigenvalue weighted by molar-refractivity contribution is 0.00736. The van der Waals surface area contributed by atoms with Gasteiger partial charge in [0.25, 0.3) is 0 Å². The lowest BCUT2D eigenvalue weighted by atomic mass is 9.94. The van der Waals surface area contributed by atoms with Crippen LogP contribution in [0, 0.1) is 13.8 Å². The van der Waals surface area contributed by atoms with Gasteiger partial charge in [-0.25, -0.2) is 0 Å². The second-order valence-electron chi connectivity index (χ2n) is 4.69. The predicted octanol–water partition coefficient (Wildman–Crippen LogP) is 2.36. The third kappa shape index (κ3) is 2.45. The van der Waals surface area contributed by atoms with E-state index in [1.54, 1.807) is 7.11 Å². The molecule has 1 fully saturated rings. The molecule has 0 aromatic heterocycles. The Balaban J connectivity index is 2.34.